The standard InChI is InChI=1S/C60H41N3Si/c1-5-20-42(21-6-1)61-55-33-18-15-30-52(55)58-56(61)34-19-35-57(58)64(45-24-9-3-10-25-45,46-26-11-4-12-27-46)47-38-36-44(37-39-47)63-54-32-17-14-29-49(54)51-41-40-50-48-28-13-16-31-53(48)62(59(50)60(51)63)43-22-7-2-8-23-43/h1-41H. The van der Waals surface area contributed by atoms with Gasteiger partial charge >= 0.3 is 0 Å². The molecule has 64 heavy (non-hydrogen) atoms. The zero-order chi connectivity index (χ0) is 42.2. The average molecular weight is 832 g/mol. The van der Waals surface area contributed by atoms with Gasteiger partial charge in [0.05, 0.1) is 33.1 Å². The van der Waals surface area contributed by atoms with Crippen LogP contribution in [0.25, 0.3) is 82.5 Å². The first kappa shape index (κ1) is 36.5. The van der Waals surface area contributed by atoms with E-state index in [1.54, 1.807) is 0 Å². The maximum Gasteiger partial charge on any atom is 0.180 e. The van der Waals surface area contributed by atoms with E-state index in [0.29, 0.717) is 0 Å². The SMILES string of the molecule is c1ccc(-n2c3ccccc3c3c([Si](c4ccccc4)(c4ccccc4)c4ccc(-n5c6ccccc6c6ccc7c8ccccc8n(-c8ccccc8)c7c65)cc4)cccc32)cc1. The van der Waals surface area contributed by atoms with Crippen molar-refractivity contribution in [3.8, 4) is 17.1 Å². The van der Waals surface area contributed by atoms with Gasteiger partial charge < -0.3 is 13.7 Å². The van der Waals surface area contributed by atoms with Gasteiger partial charge in [0.15, 0.2) is 8.07 Å². The zero-order valence-corrected chi connectivity index (χ0v) is 36.0. The first-order valence-corrected chi connectivity index (χ1v) is 24.1. The molecule has 0 aliphatic carbocycles. The van der Waals surface area contributed by atoms with Gasteiger partial charge in [0.1, 0.15) is 0 Å². The van der Waals surface area contributed by atoms with Gasteiger partial charge in [0.2, 0.25) is 0 Å². The number of rotatable bonds is 7. The van der Waals surface area contributed by atoms with Crippen LogP contribution in [0.4, 0.5) is 0 Å². The molecular weight excluding hydrogens is 791 g/mol. The first-order valence-electron chi connectivity index (χ1n) is 22.1. The summed E-state index contributed by atoms with van der Waals surface area (Å²) in [4.78, 5) is 0. The molecule has 3 aromatic heterocycles. The van der Waals surface area contributed by atoms with E-state index in [2.05, 4.69) is 262 Å². The lowest BCUT2D eigenvalue weighted by molar-refractivity contribution is 1.15. The summed E-state index contributed by atoms with van der Waals surface area (Å²) >= 11 is 0. The third-order valence-electron chi connectivity index (χ3n) is 13.6. The number of hydrogen-bond donors (Lipinski definition) is 0. The van der Waals surface area contributed by atoms with Crippen molar-refractivity contribution in [3.63, 3.8) is 0 Å². The van der Waals surface area contributed by atoms with E-state index in [1.165, 1.54) is 86.2 Å². The summed E-state index contributed by atoms with van der Waals surface area (Å²) < 4.78 is 7.42. The molecule has 0 unspecified atom stereocenters. The number of benzene rings is 10. The molecular formula is C60H41N3Si. The summed E-state index contributed by atoms with van der Waals surface area (Å²) in [7, 11) is -3.03. The van der Waals surface area contributed by atoms with Crippen LogP contribution >= 0.6 is 0 Å². The molecule has 0 N–H and O–H groups in total. The molecule has 13 rings (SSSR count). The van der Waals surface area contributed by atoms with Crippen LogP contribution in [0.3, 0.4) is 0 Å². The molecule has 3 heterocycles. The van der Waals surface area contributed by atoms with E-state index in [1.807, 2.05) is 0 Å². The first-order chi connectivity index (χ1) is 31.8. The third-order valence-corrected chi connectivity index (χ3v) is 18.4. The lowest BCUT2D eigenvalue weighted by Crippen LogP contribution is -2.74. The van der Waals surface area contributed by atoms with E-state index in [4.69, 9.17) is 0 Å². The Morgan fingerprint density at radius 3 is 1.12 bits per heavy atom. The average Bonchev–Trinajstić information content (AvgIpc) is 4.02. The highest BCUT2D eigenvalue weighted by molar-refractivity contribution is 7.20. The quantitative estimate of drug-likeness (QED) is 0.112. The monoisotopic (exact) mass is 831 g/mol. The number of nitrogens with zero attached hydrogens (tertiary/aromatic N) is 3. The number of fused-ring (bicyclic) bond motifs is 10. The molecule has 0 radical (unpaired) electrons. The van der Waals surface area contributed by atoms with E-state index >= 15 is 0 Å². The van der Waals surface area contributed by atoms with Crippen LogP contribution in [0, 0.1) is 0 Å². The van der Waals surface area contributed by atoms with Crippen molar-refractivity contribution in [2.75, 3.05) is 0 Å². The minimum atomic E-state index is -3.03. The highest BCUT2D eigenvalue weighted by atomic mass is 28.3. The second-order valence-corrected chi connectivity index (χ2v) is 20.6. The fourth-order valence-corrected chi connectivity index (χ4v) is 16.0. The van der Waals surface area contributed by atoms with Gasteiger partial charge in [-0.15, -0.1) is 0 Å². The Morgan fingerprint density at radius 2 is 0.609 bits per heavy atom. The minimum Gasteiger partial charge on any atom is -0.309 e. The lowest BCUT2D eigenvalue weighted by Gasteiger charge is -2.35. The highest BCUT2D eigenvalue weighted by Crippen LogP contribution is 2.42. The normalized spacial score (nSPS) is 12.1. The van der Waals surface area contributed by atoms with Crippen molar-refractivity contribution in [2.24, 2.45) is 0 Å². The predicted molar refractivity (Wildman–Crippen MR) is 273 cm³/mol. The van der Waals surface area contributed by atoms with Gasteiger partial charge in [-0.1, -0.05) is 188 Å². The maximum atomic E-state index is 2.51. The van der Waals surface area contributed by atoms with E-state index in [-0.39, 0.29) is 0 Å². The highest BCUT2D eigenvalue weighted by Gasteiger charge is 2.43. The summed E-state index contributed by atoms with van der Waals surface area (Å²) in [6, 6.07) is 92.3. The van der Waals surface area contributed by atoms with Crippen LogP contribution in [0.15, 0.2) is 249 Å². The van der Waals surface area contributed by atoms with Crippen LogP contribution < -0.4 is 20.7 Å². The molecule has 300 valence electrons. The van der Waals surface area contributed by atoms with Crippen LogP contribution in [-0.4, -0.2) is 21.8 Å². The molecule has 0 amide bonds. The molecule has 0 aliphatic rings. The largest absolute Gasteiger partial charge is 0.309 e. The van der Waals surface area contributed by atoms with Gasteiger partial charge in [-0.05, 0) is 81.4 Å². The van der Waals surface area contributed by atoms with Crippen molar-refractivity contribution >= 4 is 94.2 Å². The van der Waals surface area contributed by atoms with E-state index < -0.39 is 8.07 Å². The van der Waals surface area contributed by atoms with Crippen molar-refractivity contribution in [3.05, 3.63) is 249 Å². The topological polar surface area (TPSA) is 14.8 Å². The van der Waals surface area contributed by atoms with Crippen molar-refractivity contribution in [2.45, 2.75) is 0 Å². The number of hydrogen-bond acceptors (Lipinski definition) is 0. The van der Waals surface area contributed by atoms with Gasteiger partial charge in [-0.2, -0.15) is 0 Å². The van der Waals surface area contributed by atoms with Crippen molar-refractivity contribution < 1.29 is 0 Å². The maximum absolute atomic E-state index is 3.03. The second kappa shape index (κ2) is 14.5. The van der Waals surface area contributed by atoms with Crippen molar-refractivity contribution in [1.82, 2.24) is 13.7 Å². The van der Waals surface area contributed by atoms with Gasteiger partial charge in [0, 0.05) is 49.4 Å². The fraction of sp³-hybridized carbons (Fsp3) is 0. The molecule has 0 bridgehead atoms. The Kier molecular flexibility index (Phi) is 8.23. The Labute approximate surface area is 372 Å². The van der Waals surface area contributed by atoms with Crippen LogP contribution in [0.5, 0.6) is 0 Å². The second-order valence-electron chi connectivity index (χ2n) is 16.8. The Bertz CT molecular complexity index is 3830. The molecule has 0 atom stereocenters. The summed E-state index contributed by atoms with van der Waals surface area (Å²) in [6.45, 7) is 0. The fourth-order valence-electron chi connectivity index (χ4n) is 11.0. The lowest BCUT2D eigenvalue weighted by atomic mass is 10.1. The summed E-state index contributed by atoms with van der Waals surface area (Å²) in [5, 5.41) is 13.0. The van der Waals surface area contributed by atoms with Crippen molar-refractivity contribution in [1.29, 1.82) is 0 Å². The smallest absolute Gasteiger partial charge is 0.180 e. The third kappa shape index (κ3) is 5.21. The molecule has 0 saturated heterocycles. The van der Waals surface area contributed by atoms with Crippen LogP contribution in [-0.2, 0) is 0 Å². The molecule has 0 spiro atoms. The summed E-state index contributed by atoms with van der Waals surface area (Å²) in [5.74, 6) is 0. The van der Waals surface area contributed by atoms with E-state index in [9.17, 15) is 0 Å². The molecule has 3 nitrogen and oxygen atoms in total. The van der Waals surface area contributed by atoms with Gasteiger partial charge in [0.25, 0.3) is 0 Å². The minimum absolute atomic E-state index is 1.13. The van der Waals surface area contributed by atoms with Gasteiger partial charge in [-0.25, -0.2) is 0 Å². The van der Waals surface area contributed by atoms with E-state index in [0.717, 1.165) is 17.1 Å². The predicted octanol–water partition coefficient (Wildman–Crippen LogP) is 12.4. The Hall–Kier alpha value is -8.18. The number of para-hydroxylation sites is 5. The zero-order valence-electron chi connectivity index (χ0n) is 35.0. The molecule has 13 aromatic rings. The van der Waals surface area contributed by atoms with Gasteiger partial charge in [-0.3, -0.25) is 0 Å². The summed E-state index contributed by atoms with van der Waals surface area (Å²) in [5.41, 5.74) is 10.7. The molecule has 0 aliphatic heterocycles. The number of aromatic nitrogens is 3. The Balaban J connectivity index is 1.12. The summed E-state index contributed by atoms with van der Waals surface area (Å²) in [6.07, 6.45) is 0. The molecule has 0 fully saturated rings. The Morgan fingerprint density at radius 1 is 0.234 bits per heavy atom. The molecule has 0 saturated carbocycles. The van der Waals surface area contributed by atoms with Crippen LogP contribution in [0.2, 0.25) is 0 Å². The van der Waals surface area contributed by atoms with Crippen LogP contribution in [0.1, 0.15) is 0 Å². The molecule has 10 aromatic carbocycles. The molecule has 4 heteroatoms.